The number of carboxylic acids is 1. The van der Waals surface area contributed by atoms with Crippen LogP contribution in [0.5, 0.6) is 0 Å². The average Bonchev–Trinajstić information content (AvgIpc) is 3.30. The van der Waals surface area contributed by atoms with Gasteiger partial charge < -0.3 is 10.4 Å². The third-order valence-electron chi connectivity index (χ3n) is 4.72. The molecule has 2 N–H and O–H groups in total. The van der Waals surface area contributed by atoms with Crippen molar-refractivity contribution in [1.82, 2.24) is 14.8 Å². The van der Waals surface area contributed by atoms with E-state index in [0.717, 1.165) is 30.5 Å². The molecule has 35 heavy (non-hydrogen) atoms. The maximum Gasteiger partial charge on any atom is 0.357 e. The van der Waals surface area contributed by atoms with E-state index in [0.29, 0.717) is 16.0 Å². The highest BCUT2D eigenvalue weighted by molar-refractivity contribution is 7.93. The number of sulfone groups is 1. The van der Waals surface area contributed by atoms with E-state index in [1.54, 1.807) is 12.1 Å². The Morgan fingerprint density at radius 3 is 2.40 bits per heavy atom. The highest BCUT2D eigenvalue weighted by Crippen LogP contribution is 2.29. The number of fused-ring (bicyclic) bond motifs is 1. The van der Waals surface area contributed by atoms with Crippen molar-refractivity contribution >= 4 is 54.6 Å². The van der Waals surface area contributed by atoms with E-state index in [9.17, 15) is 38.0 Å². The Hall–Kier alpha value is -4.50. The number of carbonyl (C=O) groups excluding carboxylic acids is 1. The maximum absolute atomic E-state index is 12.8. The Balaban J connectivity index is 1.56. The molecule has 2 aromatic heterocycles. The number of nitro groups is 1. The van der Waals surface area contributed by atoms with Gasteiger partial charge in [-0.1, -0.05) is 29.5 Å². The van der Waals surface area contributed by atoms with Gasteiger partial charge in [0, 0.05) is 17.5 Å². The fourth-order valence-corrected chi connectivity index (χ4v) is 5.55. The zero-order valence-corrected chi connectivity index (χ0v) is 18.9. The summed E-state index contributed by atoms with van der Waals surface area (Å²) in [4.78, 5) is 50.4. The number of amides is 1. The Bertz CT molecular complexity index is 1660. The van der Waals surface area contributed by atoms with E-state index in [4.69, 9.17) is 0 Å². The molecule has 0 fully saturated rings. The summed E-state index contributed by atoms with van der Waals surface area (Å²) in [5.41, 5.74) is -1.36. The molecule has 13 nitrogen and oxygen atoms in total. The number of benzene rings is 2. The van der Waals surface area contributed by atoms with Crippen molar-refractivity contribution in [1.29, 1.82) is 0 Å². The van der Waals surface area contributed by atoms with Gasteiger partial charge in [0.1, 0.15) is 10.8 Å². The van der Waals surface area contributed by atoms with E-state index in [1.165, 1.54) is 12.1 Å². The molecule has 0 bridgehead atoms. The van der Waals surface area contributed by atoms with Gasteiger partial charge in [-0.3, -0.25) is 19.7 Å². The molecule has 0 aliphatic rings. The molecule has 0 saturated carbocycles. The van der Waals surface area contributed by atoms with Gasteiger partial charge in [-0.15, -0.1) is 0 Å². The van der Waals surface area contributed by atoms with Crippen molar-refractivity contribution in [2.45, 2.75) is 15.6 Å². The minimum Gasteiger partial charge on any atom is -0.476 e. The minimum absolute atomic E-state index is 0.0680. The molecule has 0 unspecified atom stereocenters. The lowest BCUT2D eigenvalue weighted by Crippen LogP contribution is -2.31. The first-order valence-corrected chi connectivity index (χ1v) is 11.9. The Morgan fingerprint density at radius 2 is 1.77 bits per heavy atom. The summed E-state index contributed by atoms with van der Waals surface area (Å²) in [6.45, 7) is -0.645. The van der Waals surface area contributed by atoms with Gasteiger partial charge in [0.05, 0.1) is 21.4 Å². The molecule has 0 saturated heterocycles. The number of anilines is 1. The number of carbonyl (C=O) groups is 2. The second kappa shape index (κ2) is 9.03. The topological polar surface area (TPSA) is 191 Å². The highest BCUT2D eigenvalue weighted by atomic mass is 32.2. The molecule has 4 rings (SSSR count). The number of non-ortho nitro benzene ring substituents is 1. The summed E-state index contributed by atoms with van der Waals surface area (Å²) < 4.78 is 26.0. The van der Waals surface area contributed by atoms with E-state index < -0.39 is 44.4 Å². The monoisotopic (exact) mass is 515 g/mol. The van der Waals surface area contributed by atoms with Crippen molar-refractivity contribution in [2.75, 3.05) is 5.32 Å². The Morgan fingerprint density at radius 1 is 1.11 bits per heavy atom. The van der Waals surface area contributed by atoms with Crippen LogP contribution < -0.4 is 10.9 Å². The van der Waals surface area contributed by atoms with Crippen LogP contribution in [-0.2, 0) is 21.2 Å². The van der Waals surface area contributed by atoms with Crippen molar-refractivity contribution < 1.29 is 28.0 Å². The smallest absolute Gasteiger partial charge is 0.357 e. The second-order valence-electron chi connectivity index (χ2n) is 6.95. The number of nitrogens with zero attached hydrogens (tertiary/aromatic N) is 4. The highest BCUT2D eigenvalue weighted by Gasteiger charge is 2.23. The SMILES string of the molecule is O=C(Cn1nc(C(=O)O)c2ccccc2c1=O)Nc1ncc(S(=O)(=O)c2ccc([N+](=O)[O-])cc2)s1. The number of hydrogen-bond acceptors (Lipinski definition) is 10. The molecule has 0 atom stereocenters. The summed E-state index contributed by atoms with van der Waals surface area (Å²) in [5.74, 6) is -2.17. The van der Waals surface area contributed by atoms with E-state index >= 15 is 0 Å². The number of nitrogens with one attached hydrogen (secondary N) is 1. The molecule has 0 radical (unpaired) electrons. The van der Waals surface area contributed by atoms with Crippen molar-refractivity contribution in [3.05, 3.63) is 80.9 Å². The fraction of sp³-hybridized carbons (Fsp3) is 0.0500. The maximum atomic E-state index is 12.8. The average molecular weight is 515 g/mol. The van der Waals surface area contributed by atoms with Crippen molar-refractivity contribution in [3.63, 3.8) is 0 Å². The first kappa shape index (κ1) is 23.7. The third-order valence-corrected chi connectivity index (χ3v) is 7.86. The molecule has 15 heteroatoms. The summed E-state index contributed by atoms with van der Waals surface area (Å²) in [6.07, 6.45) is 1.01. The molecule has 178 valence electrons. The van der Waals surface area contributed by atoms with Crippen LogP contribution in [0.4, 0.5) is 10.8 Å². The van der Waals surface area contributed by atoms with Crippen LogP contribution in [0.3, 0.4) is 0 Å². The molecule has 4 aromatic rings. The van der Waals surface area contributed by atoms with Gasteiger partial charge >= 0.3 is 5.97 Å². The molecule has 1 amide bonds. The van der Waals surface area contributed by atoms with Crippen LogP contribution in [0.1, 0.15) is 10.5 Å². The Kier molecular flexibility index (Phi) is 6.10. The van der Waals surface area contributed by atoms with Crippen LogP contribution in [0, 0.1) is 10.1 Å². The van der Waals surface area contributed by atoms with Crippen LogP contribution >= 0.6 is 11.3 Å². The standard InChI is InChI=1S/C20H13N5O8S2/c26-15(10-24-18(27)14-4-2-1-3-13(14)17(23-24)19(28)29)22-20-21-9-16(34-20)35(32,33)12-7-5-11(6-8-12)25(30)31/h1-9H,10H2,(H,28,29)(H,21,22,26). The van der Waals surface area contributed by atoms with E-state index in [1.807, 2.05) is 0 Å². The normalized spacial score (nSPS) is 11.3. The number of aromatic carboxylic acids is 1. The summed E-state index contributed by atoms with van der Waals surface area (Å²) in [7, 11) is -4.05. The minimum atomic E-state index is -4.05. The molecule has 0 aliphatic carbocycles. The number of carboxylic acid groups (broad SMARTS) is 1. The predicted octanol–water partition coefficient (Wildman–Crippen LogP) is 1.93. The lowest BCUT2D eigenvalue weighted by Gasteiger charge is -2.08. The van der Waals surface area contributed by atoms with Crippen molar-refractivity contribution in [2.24, 2.45) is 0 Å². The van der Waals surface area contributed by atoms with E-state index in [-0.39, 0.29) is 30.7 Å². The van der Waals surface area contributed by atoms with Crippen LogP contribution in [-0.4, -0.2) is 45.1 Å². The second-order valence-corrected chi connectivity index (χ2v) is 10.2. The number of thiazole rings is 1. The predicted molar refractivity (Wildman–Crippen MR) is 122 cm³/mol. The molecular weight excluding hydrogens is 502 g/mol. The molecule has 2 aromatic carbocycles. The van der Waals surface area contributed by atoms with E-state index in [2.05, 4.69) is 15.4 Å². The van der Waals surface area contributed by atoms with Gasteiger partial charge in [-0.25, -0.2) is 22.9 Å². The largest absolute Gasteiger partial charge is 0.476 e. The summed E-state index contributed by atoms with van der Waals surface area (Å²) in [6, 6.07) is 10.2. The van der Waals surface area contributed by atoms with Gasteiger partial charge in [0.15, 0.2) is 10.8 Å². The van der Waals surface area contributed by atoms with Crippen LogP contribution in [0.2, 0.25) is 0 Å². The number of nitro benzene ring substituents is 1. The van der Waals surface area contributed by atoms with Gasteiger partial charge in [0.25, 0.3) is 11.2 Å². The quantitative estimate of drug-likeness (QED) is 0.271. The Labute approximate surface area is 199 Å². The zero-order chi connectivity index (χ0) is 25.3. The van der Waals surface area contributed by atoms with Crippen LogP contribution in [0.25, 0.3) is 10.8 Å². The summed E-state index contributed by atoms with van der Waals surface area (Å²) >= 11 is 0.632. The van der Waals surface area contributed by atoms with Gasteiger partial charge in [0.2, 0.25) is 15.7 Å². The lowest BCUT2D eigenvalue weighted by atomic mass is 10.1. The number of hydrogen-bond donors (Lipinski definition) is 2. The molecule has 0 spiro atoms. The first-order valence-electron chi connectivity index (χ1n) is 9.56. The zero-order valence-electron chi connectivity index (χ0n) is 17.3. The number of aromatic nitrogens is 3. The molecule has 0 aliphatic heterocycles. The van der Waals surface area contributed by atoms with Crippen molar-refractivity contribution in [3.8, 4) is 0 Å². The lowest BCUT2D eigenvalue weighted by molar-refractivity contribution is -0.384. The number of rotatable bonds is 7. The first-order chi connectivity index (χ1) is 16.6. The summed E-state index contributed by atoms with van der Waals surface area (Å²) in [5, 5.41) is 26.4. The molecular formula is C20H13N5O8S2. The van der Waals surface area contributed by atoms with Gasteiger partial charge in [-0.2, -0.15) is 5.10 Å². The third kappa shape index (κ3) is 4.62. The fourth-order valence-electron chi connectivity index (χ4n) is 3.10. The van der Waals surface area contributed by atoms with Gasteiger partial charge in [-0.05, 0) is 18.2 Å². The van der Waals surface area contributed by atoms with Crippen LogP contribution in [0.15, 0.2) is 68.6 Å². The molecule has 2 heterocycles.